The van der Waals surface area contributed by atoms with Gasteiger partial charge in [-0.05, 0) is 18.2 Å². The summed E-state index contributed by atoms with van der Waals surface area (Å²) in [6.45, 7) is 3.87. The van der Waals surface area contributed by atoms with E-state index in [0.717, 1.165) is 37.3 Å². The highest BCUT2D eigenvalue weighted by molar-refractivity contribution is 5.31. The Kier molecular flexibility index (Phi) is 3.76. The van der Waals surface area contributed by atoms with E-state index in [4.69, 9.17) is 0 Å². The lowest BCUT2D eigenvalue weighted by Gasteiger charge is -2.38. The van der Waals surface area contributed by atoms with Gasteiger partial charge in [0.15, 0.2) is 0 Å². The molecule has 0 radical (unpaired) electrons. The first-order chi connectivity index (χ1) is 10.2. The Morgan fingerprint density at radius 2 is 1.25 bits per heavy atom. The normalized spacial score (nSPS) is 18.8. The third-order valence-corrected chi connectivity index (χ3v) is 3.91. The fourth-order valence-corrected chi connectivity index (χ4v) is 2.75. The number of piperazine rings is 1. The number of rotatable bonds is 3. The summed E-state index contributed by atoms with van der Waals surface area (Å²) in [5.41, 5.74) is 2.08. The topological polar surface area (TPSA) is 6.48 Å². The molecule has 2 heteroatoms. The van der Waals surface area contributed by atoms with Crippen LogP contribution in [0.3, 0.4) is 0 Å². The van der Waals surface area contributed by atoms with Crippen LogP contribution in [0.1, 0.15) is 18.5 Å². The standard InChI is InChI=1S/C18H22N2/c1-19-12-14-20(15-13-19)18(16-8-4-2-5-9-16)17-10-6-3-7-11-17/h2-11,18H,12-15H2,1H3/i18D. The van der Waals surface area contributed by atoms with Crippen molar-refractivity contribution in [1.29, 1.82) is 0 Å². The number of hydrogen-bond donors (Lipinski definition) is 0. The molecule has 0 unspecified atom stereocenters. The molecule has 0 amide bonds. The van der Waals surface area contributed by atoms with Crippen molar-refractivity contribution in [2.75, 3.05) is 33.2 Å². The Hall–Kier alpha value is -1.64. The molecule has 1 aliphatic rings. The number of nitrogens with zero attached hydrogens (tertiary/aromatic N) is 2. The van der Waals surface area contributed by atoms with E-state index in [-0.39, 0.29) is 0 Å². The van der Waals surface area contributed by atoms with Gasteiger partial charge in [0.2, 0.25) is 0 Å². The Balaban J connectivity index is 2.03. The zero-order chi connectivity index (χ0) is 14.7. The lowest BCUT2D eigenvalue weighted by Crippen LogP contribution is -2.46. The molecule has 0 saturated carbocycles. The average Bonchev–Trinajstić information content (AvgIpc) is 2.56. The second kappa shape index (κ2) is 6.21. The molecule has 20 heavy (non-hydrogen) atoms. The van der Waals surface area contributed by atoms with Crippen molar-refractivity contribution in [2.45, 2.75) is 6.02 Å². The van der Waals surface area contributed by atoms with Gasteiger partial charge >= 0.3 is 0 Å². The van der Waals surface area contributed by atoms with Crippen LogP contribution in [-0.2, 0) is 0 Å². The van der Waals surface area contributed by atoms with E-state index >= 15 is 0 Å². The fraction of sp³-hybridized carbons (Fsp3) is 0.333. The Labute approximate surface area is 123 Å². The van der Waals surface area contributed by atoms with Crippen LogP contribution in [0.15, 0.2) is 60.7 Å². The highest BCUT2D eigenvalue weighted by Crippen LogP contribution is 2.29. The molecule has 2 aromatic carbocycles. The minimum absolute atomic E-state index is 0.802. The predicted octanol–water partition coefficient (Wildman–Crippen LogP) is 3.02. The zero-order valence-corrected chi connectivity index (χ0v) is 12.0. The summed E-state index contributed by atoms with van der Waals surface area (Å²) in [7, 11) is 2.15. The lowest BCUT2D eigenvalue weighted by molar-refractivity contribution is 0.127. The van der Waals surface area contributed by atoms with Crippen LogP contribution in [0.2, 0.25) is 0 Å². The molecule has 1 heterocycles. The van der Waals surface area contributed by atoms with E-state index < -0.39 is 6.02 Å². The maximum atomic E-state index is 9.27. The lowest BCUT2D eigenvalue weighted by atomic mass is 9.96. The molecule has 104 valence electrons. The van der Waals surface area contributed by atoms with Gasteiger partial charge in [-0.2, -0.15) is 0 Å². The van der Waals surface area contributed by atoms with Gasteiger partial charge < -0.3 is 4.90 Å². The predicted molar refractivity (Wildman–Crippen MR) is 83.8 cm³/mol. The third kappa shape index (κ3) is 2.92. The van der Waals surface area contributed by atoms with Crippen LogP contribution < -0.4 is 0 Å². The van der Waals surface area contributed by atoms with E-state index in [2.05, 4.69) is 41.1 Å². The van der Waals surface area contributed by atoms with Crippen LogP contribution in [0.25, 0.3) is 0 Å². The minimum Gasteiger partial charge on any atom is -0.304 e. The molecule has 1 saturated heterocycles. The largest absolute Gasteiger partial charge is 0.304 e. The smallest absolute Gasteiger partial charge is 0.0602 e. The SMILES string of the molecule is [2H]C(c1ccccc1)(c1ccccc1)N1CCN(C)CC1. The second-order valence-corrected chi connectivity index (χ2v) is 5.37. The molecule has 2 nitrogen and oxygen atoms in total. The van der Waals surface area contributed by atoms with Crippen molar-refractivity contribution in [3.8, 4) is 0 Å². The quantitative estimate of drug-likeness (QED) is 0.843. The van der Waals surface area contributed by atoms with Gasteiger partial charge in [-0.15, -0.1) is 0 Å². The number of hydrogen-bond acceptors (Lipinski definition) is 2. The van der Waals surface area contributed by atoms with Crippen LogP contribution in [-0.4, -0.2) is 43.0 Å². The maximum Gasteiger partial charge on any atom is 0.0602 e. The van der Waals surface area contributed by atoms with Crippen molar-refractivity contribution in [3.05, 3.63) is 71.8 Å². The first-order valence-corrected chi connectivity index (χ1v) is 7.26. The van der Waals surface area contributed by atoms with Crippen LogP contribution >= 0.6 is 0 Å². The summed E-state index contributed by atoms with van der Waals surface area (Å²) in [4.78, 5) is 4.62. The van der Waals surface area contributed by atoms with Crippen molar-refractivity contribution < 1.29 is 1.37 Å². The molecule has 1 aliphatic heterocycles. The summed E-state index contributed by atoms with van der Waals surface area (Å²) in [5, 5.41) is 0. The molecular weight excluding hydrogens is 244 g/mol. The molecule has 0 atom stereocenters. The van der Waals surface area contributed by atoms with E-state index in [1.807, 2.05) is 36.4 Å². The van der Waals surface area contributed by atoms with Gasteiger partial charge in [0.05, 0.1) is 7.39 Å². The Morgan fingerprint density at radius 3 is 1.70 bits per heavy atom. The van der Waals surface area contributed by atoms with Gasteiger partial charge in [-0.25, -0.2) is 0 Å². The van der Waals surface area contributed by atoms with Crippen molar-refractivity contribution in [1.82, 2.24) is 9.80 Å². The molecule has 1 fully saturated rings. The highest BCUT2D eigenvalue weighted by atomic mass is 15.3. The summed E-state index contributed by atoms with van der Waals surface area (Å²) < 4.78 is 9.27. The monoisotopic (exact) mass is 267 g/mol. The van der Waals surface area contributed by atoms with E-state index in [1.165, 1.54) is 0 Å². The first-order valence-electron chi connectivity index (χ1n) is 7.76. The molecule has 3 rings (SSSR count). The summed E-state index contributed by atoms with van der Waals surface area (Å²) >= 11 is 0. The molecule has 0 spiro atoms. The zero-order valence-electron chi connectivity index (χ0n) is 13.0. The summed E-state index contributed by atoms with van der Waals surface area (Å²) in [6.07, 6.45) is 0. The maximum absolute atomic E-state index is 9.27. The molecule has 0 bridgehead atoms. The minimum atomic E-state index is -0.802. The molecule has 2 aromatic rings. The second-order valence-electron chi connectivity index (χ2n) is 5.37. The van der Waals surface area contributed by atoms with Crippen LogP contribution in [0.5, 0.6) is 0 Å². The Bertz CT molecular complexity index is 523. The van der Waals surface area contributed by atoms with Crippen LogP contribution in [0.4, 0.5) is 0 Å². The molecule has 0 aliphatic carbocycles. The number of benzene rings is 2. The van der Waals surface area contributed by atoms with Crippen molar-refractivity contribution >= 4 is 0 Å². The first kappa shape index (κ1) is 12.1. The number of likely N-dealkylation sites (N-methyl/N-ethyl adjacent to an activating group) is 1. The molecule has 0 aromatic heterocycles. The van der Waals surface area contributed by atoms with Gasteiger partial charge in [-0.3, -0.25) is 4.90 Å². The van der Waals surface area contributed by atoms with E-state index in [0.29, 0.717) is 0 Å². The summed E-state index contributed by atoms with van der Waals surface area (Å²) in [6, 6.07) is 19.6. The van der Waals surface area contributed by atoms with Gasteiger partial charge in [0.1, 0.15) is 0 Å². The van der Waals surface area contributed by atoms with Gasteiger partial charge in [0.25, 0.3) is 0 Å². The molecular formula is C18H22N2. The van der Waals surface area contributed by atoms with Crippen molar-refractivity contribution in [3.63, 3.8) is 0 Å². The van der Waals surface area contributed by atoms with E-state index in [1.54, 1.807) is 0 Å². The molecule has 0 N–H and O–H groups in total. The summed E-state index contributed by atoms with van der Waals surface area (Å²) in [5.74, 6) is 0. The Morgan fingerprint density at radius 1 is 0.800 bits per heavy atom. The van der Waals surface area contributed by atoms with E-state index in [9.17, 15) is 1.37 Å². The third-order valence-electron chi connectivity index (χ3n) is 3.91. The average molecular weight is 267 g/mol. The van der Waals surface area contributed by atoms with Crippen molar-refractivity contribution in [2.24, 2.45) is 0 Å². The van der Waals surface area contributed by atoms with Crippen LogP contribution in [0, 0.1) is 0 Å². The highest BCUT2D eigenvalue weighted by Gasteiger charge is 2.24. The fourth-order valence-electron chi connectivity index (χ4n) is 2.75. The van der Waals surface area contributed by atoms with Gasteiger partial charge in [-0.1, -0.05) is 60.7 Å². The van der Waals surface area contributed by atoms with Gasteiger partial charge in [0, 0.05) is 26.2 Å².